The topological polar surface area (TPSA) is 55.4 Å². The molecule has 0 aliphatic carbocycles. The molecule has 0 unspecified atom stereocenters. The Balaban J connectivity index is 0.000000595. The van der Waals surface area contributed by atoms with Crippen LogP contribution in [0.15, 0.2) is 54.6 Å². The predicted molar refractivity (Wildman–Crippen MR) is 121 cm³/mol. The fourth-order valence-electron chi connectivity index (χ4n) is 2.31. The highest BCUT2D eigenvalue weighted by Crippen LogP contribution is 2.06. The number of ether oxygens (including phenoxy) is 1. The van der Waals surface area contributed by atoms with Gasteiger partial charge in [-0.15, -0.1) is 0 Å². The van der Waals surface area contributed by atoms with Crippen molar-refractivity contribution in [1.82, 2.24) is 5.32 Å². The Morgan fingerprint density at radius 1 is 0.862 bits per heavy atom. The molecule has 29 heavy (non-hydrogen) atoms. The zero-order valence-corrected chi connectivity index (χ0v) is 18.7. The van der Waals surface area contributed by atoms with Gasteiger partial charge in [-0.05, 0) is 36.1 Å². The lowest BCUT2D eigenvalue weighted by atomic mass is 10.1. The molecule has 2 rings (SSSR count). The van der Waals surface area contributed by atoms with Crippen LogP contribution in [0.2, 0.25) is 0 Å². The number of esters is 1. The number of unbranched alkanes of at least 4 members (excludes halogenated alkanes) is 1. The van der Waals surface area contributed by atoms with Gasteiger partial charge in [-0.1, -0.05) is 83.0 Å². The van der Waals surface area contributed by atoms with Crippen molar-refractivity contribution in [2.45, 2.75) is 66.8 Å². The van der Waals surface area contributed by atoms with E-state index in [1.807, 2.05) is 32.9 Å². The Kier molecular flexibility index (Phi) is 15.9. The van der Waals surface area contributed by atoms with E-state index in [1.165, 1.54) is 25.3 Å². The number of rotatable bonds is 8. The first-order chi connectivity index (χ1) is 14.1. The van der Waals surface area contributed by atoms with Crippen LogP contribution in [-0.2, 0) is 22.5 Å². The van der Waals surface area contributed by atoms with Crippen molar-refractivity contribution in [3.05, 3.63) is 71.3 Å². The van der Waals surface area contributed by atoms with Crippen LogP contribution in [0.1, 0.15) is 75.4 Å². The van der Waals surface area contributed by atoms with E-state index >= 15 is 0 Å². The summed E-state index contributed by atoms with van der Waals surface area (Å²) in [7, 11) is 0. The Morgan fingerprint density at radius 2 is 1.48 bits per heavy atom. The van der Waals surface area contributed by atoms with Crippen LogP contribution < -0.4 is 5.32 Å². The van der Waals surface area contributed by atoms with Crippen LogP contribution in [-0.4, -0.2) is 18.5 Å². The molecule has 0 fully saturated rings. The lowest BCUT2D eigenvalue weighted by Gasteiger charge is -2.05. The van der Waals surface area contributed by atoms with Crippen LogP contribution in [0.5, 0.6) is 0 Å². The molecule has 0 aromatic heterocycles. The molecular formula is C25H37NO3. The van der Waals surface area contributed by atoms with Crippen molar-refractivity contribution in [1.29, 1.82) is 0 Å². The van der Waals surface area contributed by atoms with Gasteiger partial charge in [-0.2, -0.15) is 0 Å². The van der Waals surface area contributed by atoms with E-state index in [0.29, 0.717) is 18.7 Å². The summed E-state index contributed by atoms with van der Waals surface area (Å²) >= 11 is 0. The fourth-order valence-corrected chi connectivity index (χ4v) is 2.31. The maximum Gasteiger partial charge on any atom is 0.338 e. The summed E-state index contributed by atoms with van der Waals surface area (Å²) in [4.78, 5) is 22.4. The number of carbonyl (C=O) groups is 2. The number of nitrogens with one attached hydrogen (secondary N) is 1. The molecule has 4 nitrogen and oxygen atoms in total. The van der Waals surface area contributed by atoms with Gasteiger partial charge in [0, 0.05) is 13.5 Å². The molecule has 0 aliphatic rings. The summed E-state index contributed by atoms with van der Waals surface area (Å²) < 4.78 is 5.10. The van der Waals surface area contributed by atoms with Crippen molar-refractivity contribution in [2.24, 2.45) is 0 Å². The van der Waals surface area contributed by atoms with Gasteiger partial charge >= 0.3 is 5.97 Å². The van der Waals surface area contributed by atoms with Gasteiger partial charge in [0.05, 0.1) is 12.2 Å². The number of carbonyl (C=O) groups excluding carboxylic acids is 2. The lowest BCUT2D eigenvalue weighted by molar-refractivity contribution is -0.119. The fraction of sp³-hybridized carbons (Fsp3) is 0.440. The first kappa shape index (κ1) is 26.4. The van der Waals surface area contributed by atoms with Crippen LogP contribution >= 0.6 is 0 Å². The Labute approximate surface area is 176 Å². The molecule has 0 spiro atoms. The van der Waals surface area contributed by atoms with E-state index < -0.39 is 0 Å². The molecule has 1 amide bonds. The molecule has 0 atom stereocenters. The SMILES string of the molecule is CC.CCCCOC(=O)c1ccc(CNC(C)=O)cc1.CCCc1ccccc1. The molecular weight excluding hydrogens is 362 g/mol. The van der Waals surface area contributed by atoms with Crippen molar-refractivity contribution in [3.8, 4) is 0 Å². The van der Waals surface area contributed by atoms with Crippen LogP contribution in [0.4, 0.5) is 0 Å². The molecule has 4 heteroatoms. The summed E-state index contributed by atoms with van der Waals surface area (Å²) in [5.41, 5.74) is 2.94. The van der Waals surface area contributed by atoms with Gasteiger partial charge in [0.2, 0.25) is 5.91 Å². The Hall–Kier alpha value is -2.62. The summed E-state index contributed by atoms with van der Waals surface area (Å²) in [5, 5.41) is 2.70. The average molecular weight is 400 g/mol. The number of benzene rings is 2. The minimum Gasteiger partial charge on any atom is -0.462 e. The van der Waals surface area contributed by atoms with Gasteiger partial charge in [-0.25, -0.2) is 4.79 Å². The highest BCUT2D eigenvalue weighted by Gasteiger charge is 2.06. The van der Waals surface area contributed by atoms with Gasteiger partial charge in [0.1, 0.15) is 0 Å². The number of hydrogen-bond acceptors (Lipinski definition) is 3. The molecule has 0 saturated carbocycles. The molecule has 1 N–H and O–H groups in total. The summed E-state index contributed by atoms with van der Waals surface area (Å²) in [6.45, 7) is 10.7. The van der Waals surface area contributed by atoms with E-state index in [2.05, 4.69) is 42.6 Å². The molecule has 2 aromatic carbocycles. The molecule has 0 radical (unpaired) electrons. The summed E-state index contributed by atoms with van der Waals surface area (Å²) in [6, 6.07) is 17.6. The van der Waals surface area contributed by atoms with Gasteiger partial charge in [-0.3, -0.25) is 4.79 Å². The largest absolute Gasteiger partial charge is 0.462 e. The molecule has 0 heterocycles. The maximum atomic E-state index is 11.6. The molecule has 0 aliphatic heterocycles. The predicted octanol–water partition coefficient (Wildman–Crippen LogP) is 5.94. The van der Waals surface area contributed by atoms with E-state index in [9.17, 15) is 9.59 Å². The smallest absolute Gasteiger partial charge is 0.338 e. The minimum absolute atomic E-state index is 0.0712. The number of aryl methyl sites for hydroxylation is 1. The first-order valence-electron chi connectivity index (χ1n) is 10.6. The van der Waals surface area contributed by atoms with Gasteiger partial charge in [0.25, 0.3) is 0 Å². The van der Waals surface area contributed by atoms with Gasteiger partial charge < -0.3 is 10.1 Å². The van der Waals surface area contributed by atoms with Crippen LogP contribution in [0.3, 0.4) is 0 Å². The second kappa shape index (κ2) is 17.5. The second-order valence-electron chi connectivity index (χ2n) is 6.33. The molecule has 0 saturated heterocycles. The number of hydrogen-bond donors (Lipinski definition) is 1. The third-order valence-electron chi connectivity index (χ3n) is 3.84. The third-order valence-corrected chi connectivity index (χ3v) is 3.84. The summed E-state index contributed by atoms with van der Waals surface area (Å²) in [5.74, 6) is -0.368. The first-order valence-corrected chi connectivity index (χ1v) is 10.6. The standard InChI is InChI=1S/C14H19NO3.C9H12.C2H6/c1-3-4-9-18-14(17)13-7-5-12(6-8-13)10-15-11(2)16;1-2-6-9-7-4-3-5-8-9;1-2/h5-8H,3-4,9-10H2,1-2H3,(H,15,16);3-5,7-8H,2,6H2,1H3;1-2H3. The zero-order valence-electron chi connectivity index (χ0n) is 18.7. The van der Waals surface area contributed by atoms with E-state index in [-0.39, 0.29) is 11.9 Å². The van der Waals surface area contributed by atoms with E-state index in [1.54, 1.807) is 12.1 Å². The van der Waals surface area contributed by atoms with E-state index in [0.717, 1.165) is 18.4 Å². The second-order valence-corrected chi connectivity index (χ2v) is 6.33. The van der Waals surface area contributed by atoms with Crippen LogP contribution in [0.25, 0.3) is 0 Å². The van der Waals surface area contributed by atoms with Crippen molar-refractivity contribution < 1.29 is 14.3 Å². The summed E-state index contributed by atoms with van der Waals surface area (Å²) in [6.07, 6.45) is 4.33. The van der Waals surface area contributed by atoms with Gasteiger partial charge in [0.15, 0.2) is 0 Å². The maximum absolute atomic E-state index is 11.6. The molecule has 2 aromatic rings. The lowest BCUT2D eigenvalue weighted by Crippen LogP contribution is -2.18. The highest BCUT2D eigenvalue weighted by atomic mass is 16.5. The van der Waals surface area contributed by atoms with Crippen LogP contribution in [0, 0.1) is 0 Å². The highest BCUT2D eigenvalue weighted by molar-refractivity contribution is 5.89. The van der Waals surface area contributed by atoms with E-state index in [4.69, 9.17) is 4.74 Å². The average Bonchev–Trinajstić information content (AvgIpc) is 2.75. The molecule has 160 valence electrons. The minimum atomic E-state index is -0.297. The normalized spacial score (nSPS) is 9.28. The molecule has 0 bridgehead atoms. The Bertz CT molecular complexity index is 666. The van der Waals surface area contributed by atoms with Crippen molar-refractivity contribution in [2.75, 3.05) is 6.61 Å². The quantitative estimate of drug-likeness (QED) is 0.441. The zero-order chi connectivity index (χ0) is 21.9. The monoisotopic (exact) mass is 399 g/mol. The van der Waals surface area contributed by atoms with Crippen molar-refractivity contribution >= 4 is 11.9 Å². The number of amides is 1. The van der Waals surface area contributed by atoms with Crippen molar-refractivity contribution in [3.63, 3.8) is 0 Å². The third kappa shape index (κ3) is 13.2. The Morgan fingerprint density at radius 3 is 2.00 bits per heavy atom.